The van der Waals surface area contributed by atoms with E-state index in [4.69, 9.17) is 27.9 Å². The van der Waals surface area contributed by atoms with Crippen LogP contribution in [0.1, 0.15) is 48.7 Å². The van der Waals surface area contributed by atoms with Gasteiger partial charge in [0, 0.05) is 78.6 Å². The number of imidazole rings is 1. The van der Waals surface area contributed by atoms with E-state index >= 15 is 4.39 Å². The highest BCUT2D eigenvalue weighted by Crippen LogP contribution is 2.35. The van der Waals surface area contributed by atoms with Gasteiger partial charge in [-0.05, 0) is 139 Å². The predicted molar refractivity (Wildman–Crippen MR) is 251 cm³/mol. The van der Waals surface area contributed by atoms with Crippen molar-refractivity contribution in [1.82, 2.24) is 34.5 Å². The Morgan fingerprint density at radius 2 is 1.69 bits per heavy atom. The fraction of sp³-hybridized carbons (Fsp3) is 0.460. The Morgan fingerprint density at radius 3 is 2.42 bits per heavy atom. The molecule has 5 aromatic rings. The first-order valence-electron chi connectivity index (χ1n) is 22.1. The number of nitrogens with zero attached hydrogens (tertiary/aromatic N) is 6. The van der Waals surface area contributed by atoms with Gasteiger partial charge in [0.05, 0.1) is 25.0 Å². The molecule has 0 radical (unpaired) electrons. The van der Waals surface area contributed by atoms with Crippen LogP contribution in [0, 0.1) is 11.7 Å². The predicted octanol–water partition coefficient (Wildman–Crippen LogP) is 8.80. The number of benzene rings is 4. The fourth-order valence-electron chi connectivity index (χ4n) is 9.48. The van der Waals surface area contributed by atoms with Gasteiger partial charge < -0.3 is 29.5 Å². The van der Waals surface area contributed by atoms with Gasteiger partial charge in [-0.25, -0.2) is 9.37 Å². The first-order valence-corrected chi connectivity index (χ1v) is 22.9. The van der Waals surface area contributed by atoms with Gasteiger partial charge in [0.25, 0.3) is 0 Å². The maximum Gasteiger partial charge on any atom is 0.136 e. The van der Waals surface area contributed by atoms with Crippen molar-refractivity contribution in [3.8, 4) is 22.8 Å². The van der Waals surface area contributed by atoms with Gasteiger partial charge in [-0.3, -0.25) is 9.80 Å². The van der Waals surface area contributed by atoms with E-state index in [1.165, 1.54) is 17.2 Å². The highest BCUT2D eigenvalue weighted by atomic mass is 35.5. The summed E-state index contributed by atoms with van der Waals surface area (Å²) in [5, 5.41) is 15.5. The maximum absolute atomic E-state index is 16.3. The van der Waals surface area contributed by atoms with Crippen LogP contribution in [0.5, 0.6) is 11.5 Å². The number of aliphatic hydroxyl groups excluding tert-OH is 1. The summed E-state index contributed by atoms with van der Waals surface area (Å²) in [6, 6.07) is 29.9. The number of ether oxygens (including phenoxy) is 1. The minimum atomic E-state index is -0.395. The Labute approximate surface area is 378 Å². The number of aliphatic hydroxyl groups is 1. The average Bonchev–Trinajstić information content (AvgIpc) is 3.61. The lowest BCUT2D eigenvalue weighted by molar-refractivity contribution is 0.00877. The van der Waals surface area contributed by atoms with E-state index in [0.29, 0.717) is 42.6 Å². The van der Waals surface area contributed by atoms with Gasteiger partial charge in [0.15, 0.2) is 0 Å². The molecule has 0 spiro atoms. The van der Waals surface area contributed by atoms with Crippen molar-refractivity contribution in [1.29, 1.82) is 0 Å². The molecule has 5 atom stereocenters. The second kappa shape index (κ2) is 21.2. The normalized spacial score (nSPS) is 23.3. The van der Waals surface area contributed by atoms with Crippen LogP contribution in [0.4, 0.5) is 4.39 Å². The summed E-state index contributed by atoms with van der Waals surface area (Å²) in [6.07, 6.45) is 6.86. The van der Waals surface area contributed by atoms with Crippen molar-refractivity contribution in [2.75, 3.05) is 67.0 Å². The largest absolute Gasteiger partial charge is 0.457 e. The second-order valence-corrected chi connectivity index (χ2v) is 18.9. The standard InChI is InChI=1S/C50H64Cl2FN7O2/c1-36-28-54-43(34-61)31-57(4)50(27-38-12-16-41(51)17-13-38)21-9-22-59(35-50)30-39(24-37-10-7-6-8-11-37)20-23-60(36)32-45-46(53)25-42(52)26-48(45)62-44-18-14-40(15-19-44)47-29-55-49(58(47)5)33-56(2)3/h6-8,10-19,25-26,29,36,39,43,54,61H,9,20-24,27-28,30-35H2,1-5H3. The maximum atomic E-state index is 16.3. The topological polar surface area (TPSA) is 72.3 Å². The first-order chi connectivity index (χ1) is 29.9. The number of likely N-dealkylation sites (N-methyl/N-ethyl adjacent to an activating group) is 1. The average molecular weight is 885 g/mol. The molecule has 2 fully saturated rings. The number of hydrogen-bond donors (Lipinski definition) is 2. The van der Waals surface area contributed by atoms with Crippen LogP contribution < -0.4 is 10.1 Å². The lowest BCUT2D eigenvalue weighted by Crippen LogP contribution is -2.62. The fourth-order valence-corrected chi connectivity index (χ4v) is 9.80. The van der Waals surface area contributed by atoms with Crippen molar-refractivity contribution in [2.24, 2.45) is 13.0 Å². The summed E-state index contributed by atoms with van der Waals surface area (Å²) in [5.74, 6) is 1.94. The molecule has 2 aliphatic heterocycles. The third-order valence-electron chi connectivity index (χ3n) is 13.0. The highest BCUT2D eigenvalue weighted by molar-refractivity contribution is 6.31. The molecular weight excluding hydrogens is 821 g/mol. The molecule has 0 amide bonds. The zero-order chi connectivity index (χ0) is 43.8. The first kappa shape index (κ1) is 46.2. The van der Waals surface area contributed by atoms with Crippen molar-refractivity contribution >= 4 is 23.2 Å². The number of rotatable bonds is 12. The Hall–Kier alpha value is -3.84. The van der Waals surface area contributed by atoms with Crippen LogP contribution in [-0.2, 0) is 33.0 Å². The molecule has 1 aromatic heterocycles. The monoisotopic (exact) mass is 883 g/mol. The van der Waals surface area contributed by atoms with Crippen molar-refractivity contribution in [3.05, 3.63) is 136 Å². The van der Waals surface area contributed by atoms with Gasteiger partial charge in [-0.15, -0.1) is 0 Å². The minimum absolute atomic E-state index is 0.0102. The highest BCUT2D eigenvalue weighted by Gasteiger charge is 2.40. The molecule has 3 heterocycles. The Morgan fingerprint density at radius 1 is 0.935 bits per heavy atom. The summed E-state index contributed by atoms with van der Waals surface area (Å²) < 4.78 is 24.9. The summed E-state index contributed by atoms with van der Waals surface area (Å²) in [5.41, 5.74) is 4.98. The third-order valence-corrected chi connectivity index (χ3v) is 13.5. The van der Waals surface area contributed by atoms with Gasteiger partial charge >= 0.3 is 0 Å². The minimum Gasteiger partial charge on any atom is -0.457 e. The van der Waals surface area contributed by atoms with E-state index in [-0.39, 0.29) is 29.3 Å². The van der Waals surface area contributed by atoms with E-state index < -0.39 is 5.82 Å². The van der Waals surface area contributed by atoms with Crippen LogP contribution >= 0.6 is 23.2 Å². The molecule has 0 aliphatic carbocycles. The molecule has 2 saturated heterocycles. The van der Waals surface area contributed by atoms with Gasteiger partial charge in [0.1, 0.15) is 23.1 Å². The van der Waals surface area contributed by atoms with Crippen molar-refractivity contribution in [2.45, 2.75) is 69.7 Å². The Kier molecular flexibility index (Phi) is 15.8. The molecular formula is C50H64Cl2FN7O2. The molecule has 2 N–H and O–H groups in total. The summed E-state index contributed by atoms with van der Waals surface area (Å²) >= 11 is 12.8. The quantitative estimate of drug-likeness (QED) is 0.129. The summed E-state index contributed by atoms with van der Waals surface area (Å²) in [4.78, 5) is 14.3. The van der Waals surface area contributed by atoms with Crippen LogP contribution in [-0.4, -0.2) is 119 Å². The molecule has 4 aromatic carbocycles. The van der Waals surface area contributed by atoms with Crippen molar-refractivity contribution in [3.63, 3.8) is 0 Å². The SMILES string of the molecule is CC1CNC(CO)CN(C)C2(Cc3ccc(Cl)cc3)CCCN(CC(Cc3ccccc3)CCN1Cc1c(F)cc(Cl)cc1Oc1ccc(-c3cnc(CN(C)C)n3C)cc1)C2. The molecule has 2 aliphatic rings. The van der Waals surface area contributed by atoms with Crippen LogP contribution in [0.15, 0.2) is 97.2 Å². The van der Waals surface area contributed by atoms with E-state index in [1.54, 1.807) is 6.07 Å². The number of hydrogen-bond acceptors (Lipinski definition) is 8. The second-order valence-electron chi connectivity index (χ2n) is 18.0. The third kappa shape index (κ3) is 11.8. The number of piperidine rings is 1. The zero-order valence-corrected chi connectivity index (χ0v) is 38.6. The summed E-state index contributed by atoms with van der Waals surface area (Å²) in [7, 11) is 8.31. The number of fused-ring (bicyclic) bond motifs is 2. The lowest BCUT2D eigenvalue weighted by atomic mass is 9.80. The van der Waals surface area contributed by atoms with Gasteiger partial charge in [0.2, 0.25) is 0 Å². The molecule has 0 saturated carbocycles. The van der Waals surface area contributed by atoms with Crippen LogP contribution in [0.2, 0.25) is 10.0 Å². The Bertz CT molecular complexity index is 2190. The van der Waals surface area contributed by atoms with E-state index in [0.717, 1.165) is 86.9 Å². The molecule has 9 nitrogen and oxygen atoms in total. The van der Waals surface area contributed by atoms with Gasteiger partial charge in [-0.1, -0.05) is 65.7 Å². The van der Waals surface area contributed by atoms with E-state index in [1.807, 2.05) is 63.7 Å². The molecule has 12 heteroatoms. The molecule has 5 unspecified atom stereocenters. The zero-order valence-electron chi connectivity index (χ0n) is 37.0. The lowest BCUT2D eigenvalue weighted by Gasteiger charge is -2.50. The number of nitrogens with one attached hydrogen (secondary N) is 1. The number of aromatic nitrogens is 2. The van der Waals surface area contributed by atoms with E-state index in [9.17, 15) is 5.11 Å². The van der Waals surface area contributed by atoms with Gasteiger partial charge in [-0.2, -0.15) is 0 Å². The molecule has 62 heavy (non-hydrogen) atoms. The van der Waals surface area contributed by atoms with Crippen molar-refractivity contribution < 1.29 is 14.2 Å². The Balaban J connectivity index is 1.15. The molecule has 7 rings (SSSR count). The number of halogens is 3. The van der Waals surface area contributed by atoms with Crippen LogP contribution in [0.25, 0.3) is 11.3 Å². The van der Waals surface area contributed by atoms with Crippen LogP contribution in [0.3, 0.4) is 0 Å². The smallest absolute Gasteiger partial charge is 0.136 e. The van der Waals surface area contributed by atoms with E-state index in [2.05, 4.69) is 90.9 Å². The summed E-state index contributed by atoms with van der Waals surface area (Å²) in [6.45, 7) is 8.29. The molecule has 2 bridgehead atoms. The molecule has 332 valence electrons.